The Labute approximate surface area is 99.2 Å². The second kappa shape index (κ2) is 6.55. The van der Waals surface area contributed by atoms with Crippen LogP contribution in [-0.2, 0) is 16.1 Å². The van der Waals surface area contributed by atoms with E-state index in [1.54, 1.807) is 7.11 Å². The number of rotatable bonds is 6. The molecule has 1 aromatic heterocycles. The van der Waals surface area contributed by atoms with Gasteiger partial charge in [-0.2, -0.15) is 0 Å². The molecule has 1 aromatic rings. The summed E-state index contributed by atoms with van der Waals surface area (Å²) in [5.74, 6) is 0.0155. The van der Waals surface area contributed by atoms with Gasteiger partial charge in [0.25, 0.3) is 0 Å². The van der Waals surface area contributed by atoms with E-state index in [4.69, 9.17) is 4.74 Å². The van der Waals surface area contributed by atoms with Crippen molar-refractivity contribution in [1.29, 1.82) is 0 Å². The fraction of sp³-hybridized carbons (Fsp3) is 0.700. The largest absolute Gasteiger partial charge is 0.377 e. The topological polar surface area (TPSA) is 64.1 Å². The predicted molar refractivity (Wildman–Crippen MR) is 63.3 cm³/mol. The van der Waals surface area contributed by atoms with E-state index in [-0.39, 0.29) is 11.8 Å². The number of aromatic nitrogens is 2. The van der Waals surface area contributed by atoms with Crippen LogP contribution in [0.4, 0.5) is 5.13 Å². The smallest absolute Gasteiger partial charge is 0.229 e. The van der Waals surface area contributed by atoms with Gasteiger partial charge in [0.2, 0.25) is 11.0 Å². The Hall–Kier alpha value is -1.01. The van der Waals surface area contributed by atoms with Gasteiger partial charge in [-0.1, -0.05) is 31.6 Å². The number of hydrogen-bond acceptors (Lipinski definition) is 5. The number of carbonyl (C=O) groups is 1. The average Bonchev–Trinajstić information content (AvgIpc) is 2.66. The van der Waals surface area contributed by atoms with Crippen molar-refractivity contribution in [3.63, 3.8) is 0 Å². The first kappa shape index (κ1) is 13.1. The Kier molecular flexibility index (Phi) is 5.34. The van der Waals surface area contributed by atoms with Crippen LogP contribution in [0.1, 0.15) is 31.7 Å². The maximum atomic E-state index is 11.7. The molecule has 1 amide bonds. The normalized spacial score (nSPS) is 12.4. The van der Waals surface area contributed by atoms with Gasteiger partial charge in [-0.3, -0.25) is 4.79 Å². The monoisotopic (exact) mass is 243 g/mol. The first-order chi connectivity index (χ1) is 7.67. The summed E-state index contributed by atoms with van der Waals surface area (Å²) in [6.45, 7) is 4.40. The molecule has 0 unspecified atom stereocenters. The Morgan fingerprint density at radius 1 is 1.56 bits per heavy atom. The van der Waals surface area contributed by atoms with Crippen LogP contribution in [0.15, 0.2) is 0 Å². The molecule has 1 rings (SSSR count). The van der Waals surface area contributed by atoms with Crippen molar-refractivity contribution in [3.05, 3.63) is 5.01 Å². The second-order valence-corrected chi connectivity index (χ2v) is 4.68. The molecule has 0 bridgehead atoms. The second-order valence-electron chi connectivity index (χ2n) is 3.61. The molecule has 5 nitrogen and oxygen atoms in total. The van der Waals surface area contributed by atoms with Crippen LogP contribution < -0.4 is 5.32 Å². The highest BCUT2D eigenvalue weighted by Crippen LogP contribution is 2.17. The van der Waals surface area contributed by atoms with Gasteiger partial charge in [0.15, 0.2) is 0 Å². The van der Waals surface area contributed by atoms with Crippen LogP contribution in [0.2, 0.25) is 0 Å². The predicted octanol–water partition coefficient (Wildman–Crippen LogP) is 2.06. The molecule has 6 heteroatoms. The highest BCUT2D eigenvalue weighted by Gasteiger charge is 2.14. The van der Waals surface area contributed by atoms with Crippen molar-refractivity contribution in [1.82, 2.24) is 10.2 Å². The highest BCUT2D eigenvalue weighted by molar-refractivity contribution is 7.15. The van der Waals surface area contributed by atoms with E-state index in [1.165, 1.54) is 11.3 Å². The summed E-state index contributed by atoms with van der Waals surface area (Å²) in [5, 5.41) is 11.8. The van der Waals surface area contributed by atoms with Crippen LogP contribution in [0, 0.1) is 5.92 Å². The lowest BCUT2D eigenvalue weighted by Gasteiger charge is -2.07. The van der Waals surface area contributed by atoms with Gasteiger partial charge in [-0.15, -0.1) is 10.2 Å². The summed E-state index contributed by atoms with van der Waals surface area (Å²) < 4.78 is 4.93. The summed E-state index contributed by atoms with van der Waals surface area (Å²) in [6, 6.07) is 0. The number of hydrogen-bond donors (Lipinski definition) is 1. The summed E-state index contributed by atoms with van der Waals surface area (Å²) >= 11 is 1.34. The molecule has 0 saturated carbocycles. The fourth-order valence-electron chi connectivity index (χ4n) is 1.28. The number of nitrogens with zero attached hydrogens (tertiary/aromatic N) is 2. The Morgan fingerprint density at radius 3 is 2.94 bits per heavy atom. The molecule has 0 saturated heterocycles. The SMILES string of the molecule is CCC[C@@H](C)C(=O)Nc1nnc(COC)s1. The minimum atomic E-state index is 0.00182. The van der Waals surface area contributed by atoms with Crippen molar-refractivity contribution >= 4 is 22.4 Å². The molecular weight excluding hydrogens is 226 g/mol. The van der Waals surface area contributed by atoms with Crippen molar-refractivity contribution in [2.75, 3.05) is 12.4 Å². The minimum absolute atomic E-state index is 0.00182. The van der Waals surface area contributed by atoms with Gasteiger partial charge in [-0.05, 0) is 6.42 Å². The van der Waals surface area contributed by atoms with Crippen LogP contribution in [0.3, 0.4) is 0 Å². The van der Waals surface area contributed by atoms with Gasteiger partial charge in [0.1, 0.15) is 11.6 Å². The maximum absolute atomic E-state index is 11.7. The van der Waals surface area contributed by atoms with Gasteiger partial charge >= 0.3 is 0 Å². The van der Waals surface area contributed by atoms with Gasteiger partial charge < -0.3 is 10.1 Å². The molecule has 1 atom stereocenters. The molecule has 90 valence electrons. The molecule has 16 heavy (non-hydrogen) atoms. The molecule has 1 N–H and O–H groups in total. The molecule has 0 aliphatic heterocycles. The number of nitrogens with one attached hydrogen (secondary N) is 1. The van der Waals surface area contributed by atoms with E-state index < -0.39 is 0 Å². The number of ether oxygens (including phenoxy) is 1. The standard InChI is InChI=1S/C10H17N3O2S/c1-4-5-7(2)9(14)11-10-13-12-8(16-10)6-15-3/h7H,4-6H2,1-3H3,(H,11,13,14)/t7-/m1/s1. The van der Waals surface area contributed by atoms with E-state index >= 15 is 0 Å². The zero-order valence-electron chi connectivity index (χ0n) is 9.82. The first-order valence-electron chi connectivity index (χ1n) is 5.29. The zero-order valence-corrected chi connectivity index (χ0v) is 10.6. The van der Waals surface area contributed by atoms with Crippen LogP contribution in [0.25, 0.3) is 0 Å². The third-order valence-electron chi connectivity index (χ3n) is 2.13. The van der Waals surface area contributed by atoms with Crippen molar-refractivity contribution in [2.24, 2.45) is 5.92 Å². The zero-order chi connectivity index (χ0) is 12.0. The summed E-state index contributed by atoms with van der Waals surface area (Å²) in [5.41, 5.74) is 0. The highest BCUT2D eigenvalue weighted by atomic mass is 32.1. The molecule has 0 aliphatic rings. The minimum Gasteiger partial charge on any atom is -0.377 e. The Balaban J connectivity index is 2.49. The lowest BCUT2D eigenvalue weighted by Crippen LogP contribution is -2.20. The third kappa shape index (κ3) is 3.86. The quantitative estimate of drug-likeness (QED) is 0.830. The van der Waals surface area contributed by atoms with Crippen LogP contribution >= 0.6 is 11.3 Å². The van der Waals surface area contributed by atoms with E-state index in [2.05, 4.69) is 22.4 Å². The molecule has 0 aliphatic carbocycles. The number of amides is 1. The maximum Gasteiger partial charge on any atom is 0.229 e. The van der Waals surface area contributed by atoms with Gasteiger partial charge in [0.05, 0.1) is 0 Å². The van der Waals surface area contributed by atoms with E-state index in [9.17, 15) is 4.79 Å². The van der Waals surface area contributed by atoms with E-state index in [0.29, 0.717) is 11.7 Å². The number of carbonyl (C=O) groups excluding carboxylic acids is 1. The number of anilines is 1. The van der Waals surface area contributed by atoms with E-state index in [0.717, 1.165) is 17.8 Å². The molecular formula is C10H17N3O2S. The average molecular weight is 243 g/mol. The van der Waals surface area contributed by atoms with Crippen molar-refractivity contribution in [3.8, 4) is 0 Å². The first-order valence-corrected chi connectivity index (χ1v) is 6.11. The summed E-state index contributed by atoms with van der Waals surface area (Å²) in [6.07, 6.45) is 1.88. The molecule has 1 heterocycles. The van der Waals surface area contributed by atoms with Gasteiger partial charge in [-0.25, -0.2) is 0 Å². The lowest BCUT2D eigenvalue weighted by atomic mass is 10.1. The molecule has 0 radical (unpaired) electrons. The van der Waals surface area contributed by atoms with Crippen LogP contribution in [-0.4, -0.2) is 23.2 Å². The Bertz CT molecular complexity index is 341. The van der Waals surface area contributed by atoms with Crippen molar-refractivity contribution < 1.29 is 9.53 Å². The number of methoxy groups -OCH3 is 1. The van der Waals surface area contributed by atoms with Gasteiger partial charge in [0, 0.05) is 13.0 Å². The van der Waals surface area contributed by atoms with Crippen molar-refractivity contribution in [2.45, 2.75) is 33.3 Å². The molecule has 0 spiro atoms. The Morgan fingerprint density at radius 2 is 2.31 bits per heavy atom. The van der Waals surface area contributed by atoms with Crippen LogP contribution in [0.5, 0.6) is 0 Å². The fourth-order valence-corrected chi connectivity index (χ4v) is 1.99. The lowest BCUT2D eigenvalue weighted by molar-refractivity contribution is -0.119. The summed E-state index contributed by atoms with van der Waals surface area (Å²) in [4.78, 5) is 11.7. The summed E-state index contributed by atoms with van der Waals surface area (Å²) in [7, 11) is 1.60. The van der Waals surface area contributed by atoms with E-state index in [1.807, 2.05) is 6.92 Å². The third-order valence-corrected chi connectivity index (χ3v) is 2.95. The molecule has 0 fully saturated rings. The molecule has 0 aromatic carbocycles.